The number of nitrogens with two attached hydrogens (primary N) is 1. The number of carbonyl (C=O) groups excluding carboxylic acids is 2. The Balaban J connectivity index is 1.83. The number of H-pyrrole nitrogens is 1. The van der Waals surface area contributed by atoms with Crippen LogP contribution in [-0.4, -0.2) is 40.5 Å². The highest BCUT2D eigenvalue weighted by Crippen LogP contribution is 2.05. The quantitative estimate of drug-likeness (QED) is 0.691. The van der Waals surface area contributed by atoms with Crippen LogP contribution in [0.25, 0.3) is 0 Å². The fourth-order valence-electron chi connectivity index (χ4n) is 1.75. The molecule has 0 aliphatic heterocycles. The fraction of sp³-hybridized carbons (Fsp3) is 0.214. The molecule has 1 aromatic carbocycles. The van der Waals surface area contributed by atoms with Crippen molar-refractivity contribution in [3.63, 3.8) is 0 Å². The first-order valence-corrected chi connectivity index (χ1v) is 6.41. The van der Waals surface area contributed by atoms with Crippen molar-refractivity contribution < 1.29 is 9.59 Å². The van der Waals surface area contributed by atoms with Gasteiger partial charge in [0.15, 0.2) is 0 Å². The maximum Gasteiger partial charge on any atom is 0.251 e. The highest BCUT2D eigenvalue weighted by Gasteiger charge is 2.12. The van der Waals surface area contributed by atoms with E-state index in [0.717, 1.165) is 5.56 Å². The zero-order chi connectivity index (χ0) is 15.2. The number of nitrogens with one attached hydrogen (secondary N) is 2. The van der Waals surface area contributed by atoms with Crippen LogP contribution in [0.15, 0.2) is 36.7 Å². The molecular weight excluding hydrogens is 270 g/mol. The van der Waals surface area contributed by atoms with Crippen LogP contribution in [0.1, 0.15) is 15.9 Å². The Morgan fingerprint density at radius 1 is 1.33 bits per heavy atom. The van der Waals surface area contributed by atoms with Gasteiger partial charge in [0.2, 0.25) is 5.91 Å². The minimum atomic E-state index is -0.305. The van der Waals surface area contributed by atoms with Crippen molar-refractivity contribution in [2.45, 2.75) is 6.54 Å². The minimum absolute atomic E-state index is 0.0580. The number of anilines is 1. The van der Waals surface area contributed by atoms with Crippen molar-refractivity contribution >= 4 is 17.5 Å². The second kappa shape index (κ2) is 6.56. The Labute approximate surface area is 122 Å². The van der Waals surface area contributed by atoms with E-state index in [1.54, 1.807) is 43.7 Å². The lowest BCUT2D eigenvalue weighted by molar-refractivity contribution is -0.129. The largest absolute Gasteiger partial charge is 0.399 e. The number of carbonyl (C=O) groups is 2. The average Bonchev–Trinajstić information content (AvgIpc) is 2.98. The molecule has 2 aromatic rings. The van der Waals surface area contributed by atoms with Crippen LogP contribution in [0.4, 0.5) is 5.69 Å². The van der Waals surface area contributed by atoms with E-state index in [-0.39, 0.29) is 18.4 Å². The van der Waals surface area contributed by atoms with Gasteiger partial charge in [-0.25, -0.2) is 0 Å². The number of aromatic nitrogens is 2. The van der Waals surface area contributed by atoms with E-state index >= 15 is 0 Å². The number of benzene rings is 1. The zero-order valence-corrected chi connectivity index (χ0v) is 11.7. The Morgan fingerprint density at radius 3 is 2.67 bits per heavy atom. The van der Waals surface area contributed by atoms with Gasteiger partial charge in [-0.3, -0.25) is 14.7 Å². The maximum atomic E-state index is 11.9. The summed E-state index contributed by atoms with van der Waals surface area (Å²) in [5.41, 5.74) is 7.50. The second-order valence-electron chi connectivity index (χ2n) is 4.66. The summed E-state index contributed by atoms with van der Waals surface area (Å²) in [5.74, 6) is -0.486. The monoisotopic (exact) mass is 287 g/mol. The first-order chi connectivity index (χ1) is 10.1. The van der Waals surface area contributed by atoms with Crippen molar-refractivity contribution in [3.8, 4) is 0 Å². The van der Waals surface area contributed by atoms with E-state index in [9.17, 15) is 9.59 Å². The van der Waals surface area contributed by atoms with Crippen molar-refractivity contribution in [2.24, 2.45) is 0 Å². The molecule has 0 spiro atoms. The third kappa shape index (κ3) is 4.07. The molecule has 0 aliphatic carbocycles. The molecule has 0 saturated heterocycles. The summed E-state index contributed by atoms with van der Waals surface area (Å²) in [6.07, 6.45) is 3.37. The maximum absolute atomic E-state index is 11.9. The Hall–Kier alpha value is -2.83. The third-order valence-electron chi connectivity index (χ3n) is 2.97. The summed E-state index contributed by atoms with van der Waals surface area (Å²) in [6, 6.07) is 6.51. The van der Waals surface area contributed by atoms with Crippen LogP contribution in [-0.2, 0) is 11.3 Å². The lowest BCUT2D eigenvalue weighted by atomic mass is 10.2. The smallest absolute Gasteiger partial charge is 0.251 e. The summed E-state index contributed by atoms with van der Waals surface area (Å²) >= 11 is 0. The Morgan fingerprint density at radius 2 is 2.05 bits per heavy atom. The van der Waals surface area contributed by atoms with E-state index in [4.69, 9.17) is 5.73 Å². The highest BCUT2D eigenvalue weighted by atomic mass is 16.2. The molecule has 4 N–H and O–H groups in total. The molecular formula is C14H17N5O2. The first kappa shape index (κ1) is 14.6. The molecule has 1 aromatic heterocycles. The average molecular weight is 287 g/mol. The lowest BCUT2D eigenvalue weighted by Gasteiger charge is -2.16. The number of nitrogens with zero attached hydrogens (tertiary/aromatic N) is 2. The van der Waals surface area contributed by atoms with E-state index < -0.39 is 0 Å². The van der Waals surface area contributed by atoms with Crippen molar-refractivity contribution in [2.75, 3.05) is 19.3 Å². The molecule has 0 bridgehead atoms. The SMILES string of the molecule is CN(Cc1cn[nH]c1)C(=O)CNC(=O)c1ccc(N)cc1. The number of amides is 2. The van der Waals surface area contributed by atoms with Gasteiger partial charge in [0, 0.05) is 36.6 Å². The summed E-state index contributed by atoms with van der Waals surface area (Å²) in [7, 11) is 1.67. The topological polar surface area (TPSA) is 104 Å². The molecule has 0 aliphatic rings. The molecule has 0 unspecified atom stereocenters. The minimum Gasteiger partial charge on any atom is -0.399 e. The van der Waals surface area contributed by atoms with Gasteiger partial charge in [0.25, 0.3) is 5.91 Å². The molecule has 21 heavy (non-hydrogen) atoms. The van der Waals surface area contributed by atoms with Crippen LogP contribution in [0.3, 0.4) is 0 Å². The van der Waals surface area contributed by atoms with Crippen molar-refractivity contribution in [3.05, 3.63) is 47.8 Å². The molecule has 2 rings (SSSR count). The van der Waals surface area contributed by atoms with Crippen molar-refractivity contribution in [1.29, 1.82) is 0 Å². The lowest BCUT2D eigenvalue weighted by Crippen LogP contribution is -2.37. The summed E-state index contributed by atoms with van der Waals surface area (Å²) in [4.78, 5) is 25.3. The van der Waals surface area contributed by atoms with E-state index in [1.165, 1.54) is 4.90 Å². The van der Waals surface area contributed by atoms with Gasteiger partial charge < -0.3 is 16.0 Å². The van der Waals surface area contributed by atoms with Gasteiger partial charge in [0.05, 0.1) is 12.7 Å². The predicted octanol–water partition coefficient (Wildman–Crippen LogP) is 0.380. The van der Waals surface area contributed by atoms with Crippen LogP contribution in [0, 0.1) is 0 Å². The van der Waals surface area contributed by atoms with E-state index in [2.05, 4.69) is 15.5 Å². The van der Waals surface area contributed by atoms with Gasteiger partial charge >= 0.3 is 0 Å². The number of nitrogen functional groups attached to an aromatic ring is 1. The second-order valence-corrected chi connectivity index (χ2v) is 4.66. The van der Waals surface area contributed by atoms with Crippen LogP contribution in [0.5, 0.6) is 0 Å². The molecule has 0 fully saturated rings. The number of hydrogen-bond acceptors (Lipinski definition) is 4. The fourth-order valence-corrected chi connectivity index (χ4v) is 1.75. The predicted molar refractivity (Wildman–Crippen MR) is 78.2 cm³/mol. The normalized spacial score (nSPS) is 10.1. The summed E-state index contributed by atoms with van der Waals surface area (Å²) in [5, 5.41) is 9.08. The molecule has 1 heterocycles. The molecule has 2 amide bonds. The third-order valence-corrected chi connectivity index (χ3v) is 2.97. The Kier molecular flexibility index (Phi) is 4.55. The van der Waals surface area contributed by atoms with E-state index in [1.807, 2.05) is 0 Å². The molecule has 0 saturated carbocycles. The van der Waals surface area contributed by atoms with Gasteiger partial charge in [-0.2, -0.15) is 5.10 Å². The summed E-state index contributed by atoms with van der Waals surface area (Å²) in [6.45, 7) is 0.380. The van der Waals surface area contributed by atoms with Crippen LogP contribution < -0.4 is 11.1 Å². The van der Waals surface area contributed by atoms with Gasteiger partial charge in [-0.15, -0.1) is 0 Å². The first-order valence-electron chi connectivity index (χ1n) is 6.41. The van der Waals surface area contributed by atoms with E-state index in [0.29, 0.717) is 17.8 Å². The molecule has 0 atom stereocenters. The van der Waals surface area contributed by atoms with Gasteiger partial charge in [0.1, 0.15) is 0 Å². The van der Waals surface area contributed by atoms with Crippen LogP contribution >= 0.6 is 0 Å². The molecule has 7 heteroatoms. The highest BCUT2D eigenvalue weighted by molar-refractivity contribution is 5.96. The summed E-state index contributed by atoms with van der Waals surface area (Å²) < 4.78 is 0. The number of aromatic amines is 1. The number of likely N-dealkylation sites (N-methyl/N-ethyl adjacent to an activating group) is 1. The Bertz CT molecular complexity index is 607. The van der Waals surface area contributed by atoms with Crippen LogP contribution in [0.2, 0.25) is 0 Å². The molecule has 7 nitrogen and oxygen atoms in total. The number of rotatable bonds is 5. The van der Waals surface area contributed by atoms with Crippen molar-refractivity contribution in [1.82, 2.24) is 20.4 Å². The number of hydrogen-bond donors (Lipinski definition) is 3. The zero-order valence-electron chi connectivity index (χ0n) is 11.7. The van der Waals surface area contributed by atoms with Gasteiger partial charge in [-0.1, -0.05) is 0 Å². The molecule has 0 radical (unpaired) electrons. The standard InChI is InChI=1S/C14H17N5O2/c1-19(9-10-6-17-18-7-10)13(20)8-16-14(21)11-2-4-12(15)5-3-11/h2-7H,8-9,15H2,1H3,(H,16,21)(H,17,18). The van der Waals surface area contributed by atoms with Gasteiger partial charge in [-0.05, 0) is 24.3 Å². The molecule has 110 valence electrons.